The Balaban J connectivity index is 1.19. The van der Waals surface area contributed by atoms with Gasteiger partial charge in [-0.15, -0.1) is 0 Å². The molecule has 0 spiro atoms. The molecule has 0 aromatic heterocycles. The van der Waals surface area contributed by atoms with Crippen molar-refractivity contribution >= 4 is 17.6 Å². The number of benzene rings is 2. The van der Waals surface area contributed by atoms with Gasteiger partial charge < -0.3 is 57.9 Å². The molecule has 2 aromatic rings. The van der Waals surface area contributed by atoms with E-state index >= 15 is 0 Å². The summed E-state index contributed by atoms with van der Waals surface area (Å²) in [6.45, 7) is 3.25. The fourth-order valence-corrected chi connectivity index (χ4v) is 6.01. The molecule has 3 aliphatic rings. The summed E-state index contributed by atoms with van der Waals surface area (Å²) in [5.74, 6) is 0.168. The second-order valence-electron chi connectivity index (χ2n) is 11.0. The lowest BCUT2D eigenvalue weighted by atomic mass is 9.65. The van der Waals surface area contributed by atoms with Gasteiger partial charge in [-0.1, -0.05) is 5.16 Å². The van der Waals surface area contributed by atoms with Crippen LogP contribution in [-0.4, -0.2) is 117 Å². The number of amides is 1. The number of ether oxygens (including phenoxy) is 9. The molecule has 15 heteroatoms. The second-order valence-corrected chi connectivity index (χ2v) is 11.0. The zero-order valence-electron chi connectivity index (χ0n) is 27.3. The summed E-state index contributed by atoms with van der Waals surface area (Å²) in [5.41, 5.74) is 3.16. The van der Waals surface area contributed by atoms with E-state index in [1.54, 1.807) is 21.3 Å². The first-order valence-corrected chi connectivity index (χ1v) is 15.7. The van der Waals surface area contributed by atoms with Crippen LogP contribution in [0.3, 0.4) is 0 Å². The normalized spacial score (nSPS) is 18.7. The van der Waals surface area contributed by atoms with E-state index in [-0.39, 0.29) is 51.4 Å². The van der Waals surface area contributed by atoms with Crippen molar-refractivity contribution in [2.24, 2.45) is 17.0 Å². The summed E-state index contributed by atoms with van der Waals surface area (Å²) in [7, 11) is 4.65. The molecule has 3 atom stereocenters. The fourth-order valence-electron chi connectivity index (χ4n) is 6.01. The lowest BCUT2D eigenvalue weighted by Crippen LogP contribution is -2.46. The van der Waals surface area contributed by atoms with Crippen molar-refractivity contribution in [3.05, 3.63) is 41.0 Å². The zero-order valence-corrected chi connectivity index (χ0v) is 27.3. The predicted octanol–water partition coefficient (Wildman–Crippen LogP) is 2.21. The molecule has 0 saturated heterocycles. The Labute approximate surface area is 278 Å². The zero-order chi connectivity index (χ0) is 33.9. The van der Waals surface area contributed by atoms with E-state index in [1.807, 2.05) is 24.3 Å². The third-order valence-corrected chi connectivity index (χ3v) is 8.19. The van der Waals surface area contributed by atoms with E-state index < -0.39 is 17.8 Å². The average Bonchev–Trinajstić information content (AvgIpc) is 3.77. The molecule has 5 rings (SSSR count). The molecular weight excluding hydrogens is 632 g/mol. The number of carboxylic acid groups (broad SMARTS) is 1. The number of hydrogen-bond acceptors (Lipinski definition) is 13. The van der Waals surface area contributed by atoms with Crippen molar-refractivity contribution < 1.29 is 62.2 Å². The van der Waals surface area contributed by atoms with Crippen molar-refractivity contribution in [2.45, 2.75) is 12.3 Å². The van der Waals surface area contributed by atoms with Gasteiger partial charge in [0.25, 0.3) is 0 Å². The minimum atomic E-state index is -0.896. The molecule has 2 heterocycles. The van der Waals surface area contributed by atoms with Crippen LogP contribution < -0.4 is 29.0 Å². The van der Waals surface area contributed by atoms with Gasteiger partial charge in [-0.3, -0.25) is 9.59 Å². The van der Waals surface area contributed by atoms with E-state index in [0.29, 0.717) is 74.1 Å². The van der Waals surface area contributed by atoms with Crippen LogP contribution in [0.1, 0.15) is 29.0 Å². The summed E-state index contributed by atoms with van der Waals surface area (Å²) < 4.78 is 50.0. The lowest BCUT2D eigenvalue weighted by molar-refractivity contribution is -0.138. The molecule has 15 nitrogen and oxygen atoms in total. The first-order valence-electron chi connectivity index (χ1n) is 15.7. The van der Waals surface area contributed by atoms with Crippen molar-refractivity contribution in [1.29, 1.82) is 0 Å². The number of carbonyl (C=O) groups is 2. The number of carboxylic acids is 1. The minimum absolute atomic E-state index is 0.0316. The van der Waals surface area contributed by atoms with Crippen LogP contribution in [0.4, 0.5) is 0 Å². The van der Waals surface area contributed by atoms with E-state index in [0.717, 1.165) is 16.7 Å². The molecule has 0 fully saturated rings. The van der Waals surface area contributed by atoms with Crippen LogP contribution in [0.25, 0.3) is 0 Å². The maximum atomic E-state index is 14.1. The average molecular weight is 675 g/mol. The molecule has 2 aliphatic heterocycles. The van der Waals surface area contributed by atoms with Gasteiger partial charge in [-0.25, -0.2) is 0 Å². The Hall–Kier alpha value is -4.31. The van der Waals surface area contributed by atoms with Gasteiger partial charge in [-0.2, -0.15) is 0 Å². The number of nitrogens with one attached hydrogen (secondary N) is 1. The Morgan fingerprint density at radius 1 is 0.833 bits per heavy atom. The number of aliphatic carboxylic acids is 1. The highest BCUT2D eigenvalue weighted by molar-refractivity contribution is 6.08. The molecule has 2 N–H and O–H groups in total. The van der Waals surface area contributed by atoms with Gasteiger partial charge in [-0.05, 0) is 35.4 Å². The number of carbonyl (C=O) groups excluding carboxylic acids is 1. The van der Waals surface area contributed by atoms with Crippen LogP contribution >= 0.6 is 0 Å². The third-order valence-electron chi connectivity index (χ3n) is 8.19. The molecular formula is C33H42N2O13. The SMILES string of the molecule is COc1cc([C@@H]2c3cc4c(cc3C3=NOCC3[C@@H]2C(=O)NCCOCCOCCOCCOCCC(=O)O)OCO4)cc(OC)c1OC. The fraction of sp³-hybridized carbons (Fsp3) is 0.545. The quantitative estimate of drug-likeness (QED) is 0.196. The molecule has 1 unspecified atom stereocenters. The highest BCUT2D eigenvalue weighted by atomic mass is 16.7. The maximum absolute atomic E-state index is 14.1. The number of methoxy groups -OCH3 is 3. The number of hydrogen-bond donors (Lipinski definition) is 2. The van der Waals surface area contributed by atoms with Gasteiger partial charge in [0.05, 0.1) is 98.2 Å². The Morgan fingerprint density at radius 2 is 1.44 bits per heavy atom. The molecule has 1 aliphatic carbocycles. The molecule has 0 bridgehead atoms. The van der Waals surface area contributed by atoms with Crippen molar-refractivity contribution in [1.82, 2.24) is 5.32 Å². The minimum Gasteiger partial charge on any atom is -0.493 e. The summed E-state index contributed by atoms with van der Waals surface area (Å²) >= 11 is 0. The topological polar surface area (TPSA) is 171 Å². The van der Waals surface area contributed by atoms with Crippen LogP contribution in [0.15, 0.2) is 29.4 Å². The second kappa shape index (κ2) is 17.2. The number of rotatable bonds is 20. The van der Waals surface area contributed by atoms with Crippen LogP contribution in [0.5, 0.6) is 28.7 Å². The molecule has 262 valence electrons. The highest BCUT2D eigenvalue weighted by Gasteiger charge is 2.49. The Kier molecular flexibility index (Phi) is 12.5. The number of nitrogens with zero attached hydrogens (tertiary/aromatic N) is 1. The highest BCUT2D eigenvalue weighted by Crippen LogP contribution is 2.51. The molecule has 0 radical (unpaired) electrons. The first kappa shape index (κ1) is 35.0. The largest absolute Gasteiger partial charge is 0.493 e. The van der Waals surface area contributed by atoms with Crippen LogP contribution in [0, 0.1) is 11.8 Å². The lowest BCUT2D eigenvalue weighted by Gasteiger charge is -2.37. The molecule has 48 heavy (non-hydrogen) atoms. The van der Waals surface area contributed by atoms with E-state index in [4.69, 9.17) is 52.6 Å². The Morgan fingerprint density at radius 3 is 2.04 bits per heavy atom. The van der Waals surface area contributed by atoms with Crippen molar-refractivity contribution in [3.63, 3.8) is 0 Å². The predicted molar refractivity (Wildman–Crippen MR) is 169 cm³/mol. The summed E-state index contributed by atoms with van der Waals surface area (Å²) in [6, 6.07) is 7.54. The van der Waals surface area contributed by atoms with Gasteiger partial charge in [0.15, 0.2) is 23.0 Å². The third kappa shape index (κ3) is 8.21. The molecule has 1 amide bonds. The van der Waals surface area contributed by atoms with Crippen molar-refractivity contribution in [3.8, 4) is 28.7 Å². The molecule has 2 aromatic carbocycles. The van der Waals surface area contributed by atoms with Crippen LogP contribution in [-0.2, 0) is 33.4 Å². The first-order chi connectivity index (χ1) is 23.5. The summed E-state index contributed by atoms with van der Waals surface area (Å²) in [6.07, 6.45) is -0.0316. The van der Waals surface area contributed by atoms with Crippen molar-refractivity contribution in [2.75, 3.05) is 94.1 Å². The monoisotopic (exact) mass is 674 g/mol. The van der Waals surface area contributed by atoms with Gasteiger partial charge in [0.2, 0.25) is 18.4 Å². The number of fused-ring (bicyclic) bond motifs is 4. The maximum Gasteiger partial charge on any atom is 0.305 e. The summed E-state index contributed by atoms with van der Waals surface area (Å²) in [5, 5.41) is 16.0. The molecule has 0 saturated carbocycles. The van der Waals surface area contributed by atoms with Crippen LogP contribution in [0.2, 0.25) is 0 Å². The van der Waals surface area contributed by atoms with Gasteiger partial charge in [0.1, 0.15) is 6.61 Å². The van der Waals surface area contributed by atoms with E-state index in [2.05, 4.69) is 10.5 Å². The standard InChI is InChI=1S/C33H42N2O13/c1-39-26-14-20(15-27(40-2)32(26)41-3)29-21-16-24-25(47-19-46-24)17-22(21)31-23(18-48-35-31)30(29)33(38)34-5-7-43-9-11-45-13-12-44-10-8-42-6-4-28(36)37/h14-17,23,29-30H,4-13,18-19H2,1-3H3,(H,34,38)(H,36,37)/t23?,29-,30+/m1/s1. The van der Waals surface area contributed by atoms with E-state index in [9.17, 15) is 9.59 Å². The van der Waals surface area contributed by atoms with E-state index in [1.165, 1.54) is 0 Å². The van der Waals surface area contributed by atoms with Gasteiger partial charge in [0, 0.05) is 18.0 Å². The number of oxime groups is 1. The van der Waals surface area contributed by atoms with Gasteiger partial charge >= 0.3 is 5.97 Å². The smallest absolute Gasteiger partial charge is 0.305 e. The summed E-state index contributed by atoms with van der Waals surface area (Å²) in [4.78, 5) is 30.1. The Bertz CT molecular complexity index is 1420.